The predicted octanol–water partition coefficient (Wildman–Crippen LogP) is 22.4. The molecule has 0 amide bonds. The van der Waals surface area contributed by atoms with E-state index in [-0.39, 0.29) is 10.8 Å². The molecule has 86 heavy (non-hydrogen) atoms. The van der Waals surface area contributed by atoms with Crippen LogP contribution in [0.4, 0.5) is 0 Å². The van der Waals surface area contributed by atoms with Crippen molar-refractivity contribution in [1.29, 1.82) is 0 Å². The van der Waals surface area contributed by atoms with Crippen molar-refractivity contribution >= 4 is 141 Å². The fraction of sp³-hybridized carbons (Fsp3) is 0.0976. The molecule has 0 radical (unpaired) electrons. The second kappa shape index (κ2) is 16.7. The zero-order chi connectivity index (χ0) is 57.2. The second-order valence-electron chi connectivity index (χ2n) is 26.5. The quantitative estimate of drug-likeness (QED) is 0.167. The molecule has 0 aliphatic heterocycles. The van der Waals surface area contributed by atoms with Gasteiger partial charge >= 0.3 is 0 Å². The van der Waals surface area contributed by atoms with Gasteiger partial charge < -0.3 is 17.9 Å². The summed E-state index contributed by atoms with van der Waals surface area (Å²) in [5.41, 5.74) is 22.0. The average molecular weight is 1100 g/mol. The van der Waals surface area contributed by atoms with Gasteiger partial charge in [-0.25, -0.2) is 0 Å². The molecular weight excluding hydrogens is 1040 g/mol. The first-order valence-electron chi connectivity index (χ1n) is 30.4. The number of nitrogens with zero attached hydrogens (tertiary/aromatic N) is 4. The highest BCUT2D eigenvalue weighted by Gasteiger charge is 2.30. The topological polar surface area (TPSA) is 18.7 Å². The van der Waals surface area contributed by atoms with Gasteiger partial charge in [0.1, 0.15) is 0 Å². The van der Waals surface area contributed by atoms with Crippen LogP contribution in [0, 0.1) is 0 Å². The summed E-state index contributed by atoms with van der Waals surface area (Å²) in [6.45, 7) is 14.2. The summed E-state index contributed by atoms with van der Waals surface area (Å²) in [5.74, 6) is 0. The van der Waals surface area contributed by atoms with E-state index < -0.39 is 0 Å². The van der Waals surface area contributed by atoms with E-state index in [1.165, 1.54) is 175 Å². The van der Waals surface area contributed by atoms with Crippen LogP contribution >= 0.6 is 0 Å². The predicted molar refractivity (Wildman–Crippen MR) is 368 cm³/mol. The van der Waals surface area contributed by atoms with Crippen molar-refractivity contribution in [2.45, 2.75) is 52.4 Å². The van der Waals surface area contributed by atoms with Crippen LogP contribution in [0.5, 0.6) is 0 Å². The van der Waals surface area contributed by atoms with E-state index in [2.05, 4.69) is 302 Å². The minimum Gasteiger partial charge on any atom is -0.309 e. The first-order valence-corrected chi connectivity index (χ1v) is 30.4. The lowest BCUT2D eigenvalue weighted by atomic mass is 9.83. The lowest BCUT2D eigenvalue weighted by Gasteiger charge is -2.21. The van der Waals surface area contributed by atoms with Crippen molar-refractivity contribution in [1.82, 2.24) is 17.9 Å². The molecule has 0 aliphatic rings. The molecule has 0 fully saturated rings. The van der Waals surface area contributed by atoms with Gasteiger partial charge in [0, 0.05) is 87.1 Å². The molecule has 0 saturated heterocycles. The molecule has 0 bridgehead atoms. The van der Waals surface area contributed by atoms with Gasteiger partial charge in [-0.1, -0.05) is 175 Å². The average Bonchev–Trinajstić information content (AvgIpc) is 1.52. The number of benzene rings is 13. The third kappa shape index (κ3) is 6.32. The molecule has 0 N–H and O–H groups in total. The number of para-hydroxylation sites is 4. The first-order chi connectivity index (χ1) is 41.9. The lowest BCUT2D eigenvalue weighted by Crippen LogP contribution is -2.11. The Morgan fingerprint density at radius 2 is 0.640 bits per heavy atom. The number of fused-ring (bicyclic) bond motifs is 22. The molecule has 6 aromatic heterocycles. The maximum absolute atomic E-state index is 2.68. The Labute approximate surface area is 496 Å². The van der Waals surface area contributed by atoms with Crippen LogP contribution < -0.4 is 0 Å². The van der Waals surface area contributed by atoms with E-state index in [0.29, 0.717) is 0 Å². The highest BCUT2D eigenvalue weighted by molar-refractivity contribution is 6.36. The Kier molecular flexibility index (Phi) is 9.31. The Balaban J connectivity index is 0.963. The standard InChI is InChI=1S/C82H58N4/c1-81(2,3)51-41-60(50-34-36-72-62(39-50)58-30-18-20-32-70(58)84(72)54-25-11-8-12-26-54)77-67(43-51)76-56-28-16-14-22-48(56)40-65-63-45-74-64(46-73(63)85(77)80(65)76)66-42-52(82(4,5)6)44-68-75-55-27-15-13-21-47(55)37-59(79(75)86(74)78(66)68)49-33-35-71-61(38-49)57-29-17-19-31-69(57)83(71)53-23-9-7-10-24-53/h7-46H,1-6H3. The monoisotopic (exact) mass is 1100 g/mol. The minimum atomic E-state index is -0.114. The van der Waals surface area contributed by atoms with E-state index in [4.69, 9.17) is 0 Å². The van der Waals surface area contributed by atoms with Gasteiger partial charge in [0.2, 0.25) is 0 Å². The van der Waals surface area contributed by atoms with Crippen molar-refractivity contribution in [2.24, 2.45) is 0 Å². The van der Waals surface area contributed by atoms with Crippen molar-refractivity contribution in [3.8, 4) is 33.6 Å². The Morgan fingerprint density at radius 1 is 0.244 bits per heavy atom. The Hall–Kier alpha value is -10.4. The molecular formula is C82H58N4. The normalized spacial score (nSPS) is 13.0. The van der Waals surface area contributed by atoms with Crippen LogP contribution in [0.3, 0.4) is 0 Å². The van der Waals surface area contributed by atoms with Gasteiger partial charge in [-0.3, -0.25) is 0 Å². The molecule has 406 valence electrons. The van der Waals surface area contributed by atoms with Gasteiger partial charge in [0.15, 0.2) is 0 Å². The number of hydrogen-bond donors (Lipinski definition) is 0. The molecule has 19 rings (SSSR count). The third-order valence-electron chi connectivity index (χ3n) is 19.6. The van der Waals surface area contributed by atoms with Crippen LogP contribution in [-0.2, 0) is 10.8 Å². The summed E-state index contributed by atoms with van der Waals surface area (Å²) >= 11 is 0. The molecule has 0 aliphatic carbocycles. The molecule has 0 saturated carbocycles. The number of aromatic nitrogens is 4. The molecule has 13 aromatic carbocycles. The van der Waals surface area contributed by atoms with Crippen LogP contribution in [0.2, 0.25) is 0 Å². The Morgan fingerprint density at radius 3 is 1.19 bits per heavy atom. The molecule has 19 aromatic rings. The Bertz CT molecular complexity index is 6130. The van der Waals surface area contributed by atoms with Crippen molar-refractivity contribution < 1.29 is 0 Å². The van der Waals surface area contributed by atoms with Gasteiger partial charge in [0.05, 0.1) is 55.2 Å². The number of hydrogen-bond acceptors (Lipinski definition) is 0. The summed E-state index contributed by atoms with van der Waals surface area (Å²) in [7, 11) is 0. The van der Waals surface area contributed by atoms with E-state index in [1.54, 1.807) is 0 Å². The fourth-order valence-corrected chi connectivity index (χ4v) is 15.6. The van der Waals surface area contributed by atoms with E-state index >= 15 is 0 Å². The fourth-order valence-electron chi connectivity index (χ4n) is 15.6. The largest absolute Gasteiger partial charge is 0.309 e. The maximum atomic E-state index is 2.68. The molecule has 6 heterocycles. The van der Waals surface area contributed by atoms with Gasteiger partial charge in [0.25, 0.3) is 0 Å². The molecule has 0 unspecified atom stereocenters. The van der Waals surface area contributed by atoms with Crippen LogP contribution in [0.1, 0.15) is 52.7 Å². The summed E-state index contributed by atoms with van der Waals surface area (Å²) < 4.78 is 10.2. The molecule has 0 spiro atoms. The smallest absolute Gasteiger partial charge is 0.0627 e. The van der Waals surface area contributed by atoms with Gasteiger partial charge in [-0.05, 0) is 164 Å². The zero-order valence-corrected chi connectivity index (χ0v) is 48.9. The van der Waals surface area contributed by atoms with Crippen LogP contribution in [0.25, 0.3) is 175 Å². The van der Waals surface area contributed by atoms with Crippen molar-refractivity contribution in [3.63, 3.8) is 0 Å². The molecule has 0 atom stereocenters. The highest BCUT2D eigenvalue weighted by Crippen LogP contribution is 2.52. The lowest BCUT2D eigenvalue weighted by molar-refractivity contribution is 0.591. The van der Waals surface area contributed by atoms with Gasteiger partial charge in [-0.15, -0.1) is 0 Å². The first kappa shape index (κ1) is 48.0. The SMILES string of the molecule is CC(C)(C)c1cc(-c2ccc3c(c2)c2ccccc2n3-c2ccccc2)c2c(c1)c1c3ccccc3cc3c4cc5c(cc4n2c31)c1cc(C(C)(C)C)cc2c3c4ccccc4cc(-c4ccc6c(c4)c4ccccc4n6-c4ccccc4)c3n5c12. The summed E-state index contributed by atoms with van der Waals surface area (Å²) in [5, 5.41) is 20.4. The number of rotatable bonds is 4. The van der Waals surface area contributed by atoms with Crippen LogP contribution in [0.15, 0.2) is 243 Å². The van der Waals surface area contributed by atoms with E-state index in [0.717, 1.165) is 11.4 Å². The van der Waals surface area contributed by atoms with Gasteiger partial charge in [-0.2, -0.15) is 0 Å². The molecule has 4 heteroatoms. The van der Waals surface area contributed by atoms with Crippen molar-refractivity contribution in [3.05, 3.63) is 254 Å². The highest BCUT2D eigenvalue weighted by atomic mass is 15.0. The van der Waals surface area contributed by atoms with E-state index in [9.17, 15) is 0 Å². The zero-order valence-electron chi connectivity index (χ0n) is 48.9. The van der Waals surface area contributed by atoms with E-state index in [1.807, 2.05) is 0 Å². The summed E-state index contributed by atoms with van der Waals surface area (Å²) in [6, 6.07) is 92.3. The molecule has 4 nitrogen and oxygen atoms in total. The van der Waals surface area contributed by atoms with Crippen LogP contribution in [-0.4, -0.2) is 17.9 Å². The summed E-state index contributed by atoms with van der Waals surface area (Å²) in [6.07, 6.45) is 0. The van der Waals surface area contributed by atoms with Crippen molar-refractivity contribution in [2.75, 3.05) is 0 Å². The second-order valence-corrected chi connectivity index (χ2v) is 26.5. The third-order valence-corrected chi connectivity index (χ3v) is 19.6. The summed E-state index contributed by atoms with van der Waals surface area (Å²) in [4.78, 5) is 0. The minimum absolute atomic E-state index is 0.113. The maximum Gasteiger partial charge on any atom is 0.0627 e.